The quantitative estimate of drug-likeness (QED) is 0.346. The SMILES string of the molecule is COc1nc(N2C3CC2CN(C(=O)OC(C)(C)C)C3)c2c3c(c(-c4c(F)ccc5oc(N)c(C#N)c45)c(F)c2n1)COC3. The molecule has 222 valence electrons. The van der Waals surface area contributed by atoms with Crippen molar-refractivity contribution in [1.82, 2.24) is 14.9 Å². The molecule has 2 aromatic heterocycles. The number of fused-ring (bicyclic) bond motifs is 6. The number of carbonyl (C=O) groups is 1. The van der Waals surface area contributed by atoms with Crippen LogP contribution < -0.4 is 15.4 Å². The highest BCUT2D eigenvalue weighted by atomic mass is 19.1. The summed E-state index contributed by atoms with van der Waals surface area (Å²) in [6.45, 7) is 6.40. The first kappa shape index (κ1) is 27.2. The number of aromatic nitrogens is 2. The number of amides is 1. The summed E-state index contributed by atoms with van der Waals surface area (Å²) in [5.74, 6) is -1.28. The second-order valence-corrected chi connectivity index (χ2v) is 12.0. The van der Waals surface area contributed by atoms with Crippen LogP contribution in [-0.4, -0.2) is 58.8 Å². The minimum atomic E-state index is -0.808. The number of rotatable bonds is 3. The number of ether oxygens (including phenoxy) is 3. The molecule has 2 fully saturated rings. The molecule has 2 bridgehead atoms. The van der Waals surface area contributed by atoms with E-state index in [0.717, 1.165) is 12.5 Å². The third kappa shape index (κ3) is 4.04. The van der Waals surface area contributed by atoms with Crippen molar-refractivity contribution in [1.29, 1.82) is 5.26 Å². The van der Waals surface area contributed by atoms with Crippen LogP contribution in [0, 0.1) is 23.0 Å². The van der Waals surface area contributed by atoms with Crippen molar-refractivity contribution in [3.8, 4) is 23.2 Å². The van der Waals surface area contributed by atoms with Gasteiger partial charge in [0.15, 0.2) is 5.82 Å². The second kappa shape index (κ2) is 9.40. The number of furan rings is 1. The van der Waals surface area contributed by atoms with Gasteiger partial charge in [-0.15, -0.1) is 0 Å². The standard InChI is InChI=1S/C30H28F2N6O5/c1-30(2,3)43-29(39)37-9-13-7-14(10-37)38(13)27-22-17-12-41-11-16(17)21(24(32)25(22)35-28(36-27)40-4)23-18(31)5-6-19-20(23)15(8-33)26(34)42-19/h5-6,13-14H,7,9-12,34H2,1-4H3. The van der Waals surface area contributed by atoms with Crippen LogP contribution in [0.25, 0.3) is 33.0 Å². The molecule has 0 aliphatic carbocycles. The van der Waals surface area contributed by atoms with Gasteiger partial charge in [-0.3, -0.25) is 0 Å². The van der Waals surface area contributed by atoms with E-state index >= 15 is 8.78 Å². The number of piperazine rings is 1. The molecule has 13 heteroatoms. The average Bonchev–Trinajstić information content (AvgIpc) is 3.56. The Balaban J connectivity index is 1.41. The molecule has 0 spiro atoms. The van der Waals surface area contributed by atoms with E-state index in [2.05, 4.69) is 14.9 Å². The first-order chi connectivity index (χ1) is 20.5. The molecule has 3 aliphatic heterocycles. The van der Waals surface area contributed by atoms with E-state index in [9.17, 15) is 10.1 Å². The third-order valence-electron chi connectivity index (χ3n) is 8.22. The molecule has 2 atom stereocenters. The Labute approximate surface area is 244 Å². The summed E-state index contributed by atoms with van der Waals surface area (Å²) in [5.41, 5.74) is 6.11. The second-order valence-electron chi connectivity index (χ2n) is 12.0. The molecule has 4 aromatic rings. The normalized spacial score (nSPS) is 19.4. The van der Waals surface area contributed by atoms with Gasteiger partial charge in [-0.05, 0) is 50.5 Å². The van der Waals surface area contributed by atoms with Gasteiger partial charge in [0.25, 0.3) is 0 Å². The summed E-state index contributed by atoms with van der Waals surface area (Å²) < 4.78 is 54.8. The molecule has 2 N–H and O–H groups in total. The maximum atomic E-state index is 16.9. The van der Waals surface area contributed by atoms with E-state index in [-0.39, 0.29) is 76.5 Å². The number of nitrogens with two attached hydrogens (primary N) is 1. The number of likely N-dealkylation sites (tertiary alicyclic amines) is 1. The molecule has 2 unspecified atom stereocenters. The summed E-state index contributed by atoms with van der Waals surface area (Å²) >= 11 is 0. The Morgan fingerprint density at radius 3 is 2.51 bits per heavy atom. The van der Waals surface area contributed by atoms with Crippen LogP contribution in [-0.2, 0) is 22.7 Å². The fourth-order valence-corrected chi connectivity index (χ4v) is 6.50. The lowest BCUT2D eigenvalue weighted by Gasteiger charge is -2.56. The fraction of sp³-hybridized carbons (Fsp3) is 0.400. The van der Waals surface area contributed by atoms with Crippen LogP contribution in [0.15, 0.2) is 16.5 Å². The maximum absolute atomic E-state index is 16.9. The van der Waals surface area contributed by atoms with E-state index < -0.39 is 17.2 Å². The number of nitrogen functional groups attached to an aromatic ring is 1. The van der Waals surface area contributed by atoms with Crippen LogP contribution in [0.2, 0.25) is 0 Å². The van der Waals surface area contributed by atoms with Crippen LogP contribution in [0.4, 0.5) is 25.3 Å². The molecule has 2 aromatic carbocycles. The minimum Gasteiger partial charge on any atom is -0.467 e. The van der Waals surface area contributed by atoms with Crippen molar-refractivity contribution in [2.24, 2.45) is 0 Å². The molecule has 1 amide bonds. The number of halogens is 2. The zero-order valence-corrected chi connectivity index (χ0v) is 24.0. The van der Waals surface area contributed by atoms with E-state index in [1.807, 2.05) is 26.8 Å². The van der Waals surface area contributed by atoms with Gasteiger partial charge in [-0.2, -0.15) is 15.2 Å². The first-order valence-corrected chi connectivity index (χ1v) is 13.8. The van der Waals surface area contributed by atoms with E-state index in [1.54, 1.807) is 4.90 Å². The number of methoxy groups -OCH3 is 1. The zero-order chi connectivity index (χ0) is 30.4. The Morgan fingerprint density at radius 2 is 1.84 bits per heavy atom. The molecular formula is C30H28F2N6O5. The molecule has 2 saturated heterocycles. The monoisotopic (exact) mass is 590 g/mol. The Morgan fingerprint density at radius 1 is 1.12 bits per heavy atom. The summed E-state index contributed by atoms with van der Waals surface area (Å²) in [6.07, 6.45) is 0.433. The summed E-state index contributed by atoms with van der Waals surface area (Å²) in [6, 6.07) is 4.22. The van der Waals surface area contributed by atoms with E-state index in [0.29, 0.717) is 35.4 Å². The van der Waals surface area contributed by atoms with Gasteiger partial charge >= 0.3 is 12.1 Å². The van der Waals surface area contributed by atoms with Gasteiger partial charge in [0.05, 0.1) is 43.2 Å². The third-order valence-corrected chi connectivity index (χ3v) is 8.22. The van der Waals surface area contributed by atoms with Crippen molar-refractivity contribution in [3.05, 3.63) is 40.5 Å². The fourth-order valence-electron chi connectivity index (χ4n) is 6.50. The lowest BCUT2D eigenvalue weighted by Crippen LogP contribution is -2.70. The molecule has 5 heterocycles. The molecule has 43 heavy (non-hydrogen) atoms. The van der Waals surface area contributed by atoms with Gasteiger partial charge in [-0.25, -0.2) is 13.6 Å². The highest BCUT2D eigenvalue weighted by Gasteiger charge is 2.49. The van der Waals surface area contributed by atoms with Gasteiger partial charge in [0.1, 0.15) is 40.0 Å². The Bertz CT molecular complexity index is 1880. The van der Waals surface area contributed by atoms with Crippen molar-refractivity contribution in [3.63, 3.8) is 0 Å². The molecule has 7 rings (SSSR count). The highest BCUT2D eigenvalue weighted by molar-refractivity contribution is 6.05. The number of hydrogen-bond acceptors (Lipinski definition) is 10. The molecule has 11 nitrogen and oxygen atoms in total. The molecule has 0 saturated carbocycles. The molecule has 0 radical (unpaired) electrons. The van der Waals surface area contributed by atoms with Crippen molar-refractivity contribution >= 4 is 39.7 Å². The van der Waals surface area contributed by atoms with Crippen molar-refractivity contribution in [2.45, 2.75) is 58.1 Å². The number of nitrogens with zero attached hydrogens (tertiary/aromatic N) is 5. The smallest absolute Gasteiger partial charge is 0.410 e. The zero-order valence-electron chi connectivity index (χ0n) is 24.0. The van der Waals surface area contributed by atoms with Crippen LogP contribution in [0.1, 0.15) is 43.9 Å². The molecule has 3 aliphatic rings. The number of benzene rings is 2. The Hall–Kier alpha value is -4.70. The largest absolute Gasteiger partial charge is 0.467 e. The van der Waals surface area contributed by atoms with E-state index in [4.69, 9.17) is 24.4 Å². The topological polar surface area (TPSA) is 140 Å². The van der Waals surface area contributed by atoms with Crippen LogP contribution >= 0.6 is 0 Å². The van der Waals surface area contributed by atoms with Crippen molar-refractivity contribution < 1.29 is 32.2 Å². The van der Waals surface area contributed by atoms with Gasteiger partial charge in [0, 0.05) is 24.2 Å². The van der Waals surface area contributed by atoms with Gasteiger partial charge < -0.3 is 34.2 Å². The number of piperidine rings is 1. The van der Waals surface area contributed by atoms with E-state index in [1.165, 1.54) is 13.2 Å². The summed E-state index contributed by atoms with van der Waals surface area (Å²) in [4.78, 5) is 25.6. The number of nitriles is 1. The predicted octanol–water partition coefficient (Wildman–Crippen LogP) is 5.01. The lowest BCUT2D eigenvalue weighted by molar-refractivity contribution is 0.00845. The highest BCUT2D eigenvalue weighted by Crippen LogP contribution is 2.48. The van der Waals surface area contributed by atoms with Crippen molar-refractivity contribution in [2.75, 3.05) is 30.8 Å². The number of anilines is 2. The minimum absolute atomic E-state index is 0.00726. The first-order valence-electron chi connectivity index (χ1n) is 13.8. The van der Waals surface area contributed by atoms with Crippen LogP contribution in [0.5, 0.6) is 6.01 Å². The van der Waals surface area contributed by atoms with Gasteiger partial charge in [0.2, 0.25) is 5.88 Å². The van der Waals surface area contributed by atoms with Gasteiger partial charge in [-0.1, -0.05) is 0 Å². The maximum Gasteiger partial charge on any atom is 0.410 e. The molecular weight excluding hydrogens is 562 g/mol. The summed E-state index contributed by atoms with van der Waals surface area (Å²) in [5, 5.41) is 10.3. The summed E-state index contributed by atoms with van der Waals surface area (Å²) in [7, 11) is 1.38. The average molecular weight is 591 g/mol. The Kier molecular flexibility index (Phi) is 5.94. The predicted molar refractivity (Wildman–Crippen MR) is 151 cm³/mol. The number of carbonyl (C=O) groups excluding carboxylic acids is 1. The lowest BCUT2D eigenvalue weighted by atomic mass is 9.86. The van der Waals surface area contributed by atoms with Crippen LogP contribution in [0.3, 0.4) is 0 Å². The number of hydrogen-bond donors (Lipinski definition) is 1.